The number of hydrogen-bond donors (Lipinski definition) is 1. The lowest BCUT2D eigenvalue weighted by Gasteiger charge is -2.33. The molecule has 0 saturated heterocycles. The summed E-state index contributed by atoms with van der Waals surface area (Å²) in [6, 6.07) is 9.17. The second-order valence-corrected chi connectivity index (χ2v) is 9.11. The molecule has 0 bridgehead atoms. The third-order valence-corrected chi connectivity index (χ3v) is 6.80. The Morgan fingerprint density at radius 2 is 1.97 bits per heavy atom. The van der Waals surface area contributed by atoms with Gasteiger partial charge in [0.15, 0.2) is 10.2 Å². The van der Waals surface area contributed by atoms with Crippen molar-refractivity contribution in [2.45, 2.75) is 28.7 Å². The van der Waals surface area contributed by atoms with Crippen LogP contribution in [0.15, 0.2) is 59.5 Å². The molecule has 0 radical (unpaired) electrons. The monoisotopic (exact) mass is 463 g/mol. The van der Waals surface area contributed by atoms with Crippen molar-refractivity contribution in [1.82, 2.24) is 24.1 Å². The maximum absolute atomic E-state index is 14.6. The molecule has 0 spiro atoms. The summed E-state index contributed by atoms with van der Waals surface area (Å²) < 4.78 is 48.1. The van der Waals surface area contributed by atoms with Gasteiger partial charge < -0.3 is 5.11 Å². The Labute approximate surface area is 184 Å². The second kappa shape index (κ2) is 8.77. The number of benzene rings is 2. The van der Waals surface area contributed by atoms with Gasteiger partial charge in [0, 0.05) is 16.9 Å². The predicted molar refractivity (Wildman–Crippen MR) is 111 cm³/mol. The standard InChI is InChI=1S/C20H16F3N5OS2/c1-12(30-19-26-18(27-31-19)14-4-2-3-5-16(14)22)20(29,9-28-11-24-10-25-28)15-7-6-13(21)8-17(15)23/h2-8,10-12,29H,9H2,1H3/t12-,20-/m1/s1. The maximum Gasteiger partial charge on any atom is 0.177 e. The van der Waals surface area contributed by atoms with Crippen LogP contribution in [0.3, 0.4) is 0 Å². The largest absolute Gasteiger partial charge is 0.382 e. The highest BCUT2D eigenvalue weighted by Crippen LogP contribution is 2.40. The van der Waals surface area contributed by atoms with Crippen LogP contribution in [0.5, 0.6) is 0 Å². The zero-order valence-corrected chi connectivity index (χ0v) is 17.7. The molecule has 2 atom stereocenters. The van der Waals surface area contributed by atoms with E-state index in [-0.39, 0.29) is 23.5 Å². The Balaban J connectivity index is 1.65. The number of hydrogen-bond acceptors (Lipinski definition) is 7. The molecule has 4 rings (SSSR count). The Kier molecular flexibility index (Phi) is 6.08. The summed E-state index contributed by atoms with van der Waals surface area (Å²) in [6.45, 7) is 1.57. The molecule has 0 saturated carbocycles. The lowest BCUT2D eigenvalue weighted by molar-refractivity contribution is 0.0133. The van der Waals surface area contributed by atoms with Crippen LogP contribution in [0.25, 0.3) is 11.4 Å². The van der Waals surface area contributed by atoms with E-state index in [4.69, 9.17) is 0 Å². The normalized spacial score (nSPS) is 14.4. The molecule has 2 aromatic heterocycles. The lowest BCUT2D eigenvalue weighted by Crippen LogP contribution is -2.41. The molecular weight excluding hydrogens is 447 g/mol. The Morgan fingerprint density at radius 1 is 1.16 bits per heavy atom. The van der Waals surface area contributed by atoms with E-state index in [9.17, 15) is 18.3 Å². The second-order valence-electron chi connectivity index (χ2n) is 6.77. The average Bonchev–Trinajstić information content (AvgIpc) is 3.40. The van der Waals surface area contributed by atoms with E-state index in [2.05, 4.69) is 19.4 Å². The van der Waals surface area contributed by atoms with Crippen molar-refractivity contribution in [3.05, 3.63) is 78.1 Å². The van der Waals surface area contributed by atoms with Crippen LogP contribution in [-0.2, 0) is 12.1 Å². The number of aliphatic hydroxyl groups is 1. The Morgan fingerprint density at radius 3 is 2.68 bits per heavy atom. The Hall–Kier alpha value is -2.76. The smallest absolute Gasteiger partial charge is 0.177 e. The van der Waals surface area contributed by atoms with Crippen molar-refractivity contribution in [3.63, 3.8) is 0 Å². The zero-order chi connectivity index (χ0) is 22.0. The number of aromatic nitrogens is 5. The van der Waals surface area contributed by atoms with Crippen molar-refractivity contribution in [2.24, 2.45) is 0 Å². The molecule has 160 valence electrons. The molecule has 0 aliphatic heterocycles. The molecular formula is C20H16F3N5OS2. The van der Waals surface area contributed by atoms with Crippen LogP contribution in [-0.4, -0.2) is 34.5 Å². The summed E-state index contributed by atoms with van der Waals surface area (Å²) in [5.74, 6) is -1.84. The van der Waals surface area contributed by atoms with Gasteiger partial charge in [0.25, 0.3) is 0 Å². The molecule has 4 aromatic rings. The average molecular weight is 464 g/mol. The van der Waals surface area contributed by atoms with E-state index in [0.717, 1.165) is 35.4 Å². The van der Waals surface area contributed by atoms with Crippen LogP contribution in [0.1, 0.15) is 12.5 Å². The van der Waals surface area contributed by atoms with Crippen molar-refractivity contribution in [2.75, 3.05) is 0 Å². The fraction of sp³-hybridized carbons (Fsp3) is 0.200. The molecule has 31 heavy (non-hydrogen) atoms. The predicted octanol–water partition coefficient (Wildman–Crippen LogP) is 4.28. The van der Waals surface area contributed by atoms with Gasteiger partial charge in [-0.1, -0.05) is 30.0 Å². The summed E-state index contributed by atoms with van der Waals surface area (Å²) >= 11 is 2.19. The summed E-state index contributed by atoms with van der Waals surface area (Å²) in [4.78, 5) is 8.20. The summed E-state index contributed by atoms with van der Waals surface area (Å²) in [5, 5.41) is 14.9. The quantitative estimate of drug-likeness (QED) is 0.412. The highest BCUT2D eigenvalue weighted by molar-refractivity contribution is 8.01. The van der Waals surface area contributed by atoms with E-state index >= 15 is 0 Å². The van der Waals surface area contributed by atoms with Crippen molar-refractivity contribution < 1.29 is 18.3 Å². The van der Waals surface area contributed by atoms with Crippen LogP contribution in [0.2, 0.25) is 0 Å². The maximum atomic E-state index is 14.6. The minimum atomic E-state index is -1.78. The summed E-state index contributed by atoms with van der Waals surface area (Å²) in [6.07, 6.45) is 2.69. The first-order valence-electron chi connectivity index (χ1n) is 9.12. The van der Waals surface area contributed by atoms with Crippen LogP contribution >= 0.6 is 23.3 Å². The highest BCUT2D eigenvalue weighted by atomic mass is 32.2. The van der Waals surface area contributed by atoms with Crippen LogP contribution in [0.4, 0.5) is 13.2 Å². The fourth-order valence-electron chi connectivity index (χ4n) is 3.09. The van der Waals surface area contributed by atoms with Gasteiger partial charge in [0.1, 0.15) is 35.7 Å². The SMILES string of the molecule is C[C@@H](Sc1nc(-c2ccccc2F)ns1)[C@](O)(Cn1cncn1)c1ccc(F)cc1F. The minimum absolute atomic E-state index is 0.0803. The molecule has 2 aromatic carbocycles. The van der Waals surface area contributed by atoms with Crippen molar-refractivity contribution in [3.8, 4) is 11.4 Å². The third kappa shape index (κ3) is 4.48. The zero-order valence-electron chi connectivity index (χ0n) is 16.1. The molecule has 1 N–H and O–H groups in total. The fourth-order valence-corrected chi connectivity index (χ4v) is 5.08. The highest BCUT2D eigenvalue weighted by Gasteiger charge is 2.40. The van der Waals surface area contributed by atoms with Gasteiger partial charge in [0.05, 0.1) is 12.1 Å². The summed E-state index contributed by atoms with van der Waals surface area (Å²) in [7, 11) is 0. The molecule has 11 heteroatoms. The number of thioether (sulfide) groups is 1. The van der Waals surface area contributed by atoms with E-state index in [0.29, 0.717) is 4.34 Å². The van der Waals surface area contributed by atoms with Gasteiger partial charge in [-0.15, -0.1) is 0 Å². The minimum Gasteiger partial charge on any atom is -0.382 e. The summed E-state index contributed by atoms with van der Waals surface area (Å²) in [5.41, 5.74) is -1.59. The number of halogens is 3. The van der Waals surface area contributed by atoms with Gasteiger partial charge in [0.2, 0.25) is 0 Å². The van der Waals surface area contributed by atoms with E-state index in [1.807, 2.05) is 0 Å². The molecule has 0 aliphatic rings. The van der Waals surface area contributed by atoms with Crippen molar-refractivity contribution >= 4 is 23.3 Å². The van der Waals surface area contributed by atoms with E-state index in [1.165, 1.54) is 29.5 Å². The van der Waals surface area contributed by atoms with Crippen LogP contribution in [0, 0.1) is 17.5 Å². The number of rotatable bonds is 7. The van der Waals surface area contributed by atoms with Gasteiger partial charge in [-0.2, -0.15) is 9.47 Å². The topological polar surface area (TPSA) is 76.7 Å². The van der Waals surface area contributed by atoms with Gasteiger partial charge in [-0.05, 0) is 36.7 Å². The Bertz CT molecular complexity index is 1190. The third-order valence-electron chi connectivity index (χ3n) is 4.74. The van der Waals surface area contributed by atoms with E-state index < -0.39 is 28.3 Å². The molecule has 2 heterocycles. The first-order chi connectivity index (χ1) is 14.9. The lowest BCUT2D eigenvalue weighted by atomic mass is 9.90. The van der Waals surface area contributed by atoms with Crippen LogP contribution < -0.4 is 0 Å². The molecule has 6 nitrogen and oxygen atoms in total. The van der Waals surface area contributed by atoms with Gasteiger partial charge >= 0.3 is 0 Å². The van der Waals surface area contributed by atoms with Gasteiger partial charge in [-0.3, -0.25) is 0 Å². The van der Waals surface area contributed by atoms with Crippen molar-refractivity contribution in [1.29, 1.82) is 0 Å². The first-order valence-corrected chi connectivity index (χ1v) is 10.8. The van der Waals surface area contributed by atoms with E-state index in [1.54, 1.807) is 25.1 Å². The number of nitrogens with zero attached hydrogens (tertiary/aromatic N) is 5. The first kappa shape index (κ1) is 21.5. The molecule has 0 fully saturated rings. The molecule has 0 unspecified atom stereocenters. The molecule has 0 amide bonds. The van der Waals surface area contributed by atoms with Gasteiger partial charge in [-0.25, -0.2) is 27.8 Å². The molecule has 0 aliphatic carbocycles.